The van der Waals surface area contributed by atoms with Gasteiger partial charge in [0.15, 0.2) is 0 Å². The van der Waals surface area contributed by atoms with Crippen molar-refractivity contribution in [3.05, 3.63) is 82.1 Å². The van der Waals surface area contributed by atoms with Crippen LogP contribution in [-0.4, -0.2) is 29.7 Å². The first-order valence-electron chi connectivity index (χ1n) is 8.48. The van der Waals surface area contributed by atoms with E-state index < -0.39 is 11.9 Å². The van der Waals surface area contributed by atoms with Crippen LogP contribution in [0.15, 0.2) is 60.9 Å². The molecular weight excluding hydrogens is 399 g/mol. The Bertz CT molecular complexity index is 981. The molecule has 2 aromatic carbocycles. The molecule has 1 aromatic heterocycles. The molecular formula is C21H18Cl2N2O3. The summed E-state index contributed by atoms with van der Waals surface area (Å²) in [4.78, 5) is 16.7. The van der Waals surface area contributed by atoms with Gasteiger partial charge in [-0.1, -0.05) is 35.3 Å². The number of ether oxygens (including phenoxy) is 1. The lowest BCUT2D eigenvalue weighted by Crippen LogP contribution is -2.31. The number of halogens is 2. The molecule has 5 nitrogen and oxygen atoms in total. The number of rotatable bonds is 6. The van der Waals surface area contributed by atoms with Crippen molar-refractivity contribution in [2.75, 3.05) is 13.7 Å². The van der Waals surface area contributed by atoms with Crippen LogP contribution in [0.4, 0.5) is 0 Å². The van der Waals surface area contributed by atoms with Gasteiger partial charge in [-0.05, 0) is 53.1 Å². The molecule has 0 saturated heterocycles. The summed E-state index contributed by atoms with van der Waals surface area (Å²) in [6.07, 6.45) is 3.38. The number of nitrogens with zero attached hydrogens (tertiary/aromatic N) is 1. The minimum Gasteiger partial charge on any atom is -0.495 e. The predicted molar refractivity (Wildman–Crippen MR) is 110 cm³/mol. The molecule has 3 rings (SSSR count). The van der Waals surface area contributed by atoms with Gasteiger partial charge in [-0.3, -0.25) is 9.78 Å². The highest BCUT2D eigenvalue weighted by atomic mass is 35.5. The Morgan fingerprint density at radius 1 is 1.07 bits per heavy atom. The van der Waals surface area contributed by atoms with Gasteiger partial charge in [0.05, 0.1) is 35.4 Å². The predicted octanol–water partition coefficient (Wildman–Crippen LogP) is 4.53. The number of aromatic nitrogens is 1. The molecule has 1 heterocycles. The molecule has 0 radical (unpaired) electrons. The summed E-state index contributed by atoms with van der Waals surface area (Å²) >= 11 is 12.5. The third kappa shape index (κ3) is 4.44. The first-order valence-corrected chi connectivity index (χ1v) is 9.24. The summed E-state index contributed by atoms with van der Waals surface area (Å²) in [5, 5.41) is 13.2. The van der Waals surface area contributed by atoms with Gasteiger partial charge in [-0.2, -0.15) is 0 Å². The quantitative estimate of drug-likeness (QED) is 0.619. The number of amides is 1. The number of pyridine rings is 1. The molecule has 1 atom stereocenters. The zero-order valence-electron chi connectivity index (χ0n) is 15.0. The molecule has 0 saturated carbocycles. The normalized spacial score (nSPS) is 11.7. The van der Waals surface area contributed by atoms with Crippen molar-refractivity contribution in [3.8, 4) is 16.9 Å². The second-order valence-corrected chi connectivity index (χ2v) is 6.85. The molecule has 0 aliphatic rings. The SMILES string of the molecule is COc1ccc(C(CO)NC(=O)c2ccc(-c3ccncc3)cc2Cl)cc1Cl. The van der Waals surface area contributed by atoms with Gasteiger partial charge in [0.25, 0.3) is 5.91 Å². The van der Waals surface area contributed by atoms with E-state index in [4.69, 9.17) is 27.9 Å². The van der Waals surface area contributed by atoms with E-state index in [9.17, 15) is 9.90 Å². The van der Waals surface area contributed by atoms with Crippen LogP contribution in [0.25, 0.3) is 11.1 Å². The van der Waals surface area contributed by atoms with Crippen molar-refractivity contribution < 1.29 is 14.6 Å². The maximum Gasteiger partial charge on any atom is 0.253 e. The van der Waals surface area contributed by atoms with E-state index in [2.05, 4.69) is 10.3 Å². The fourth-order valence-corrected chi connectivity index (χ4v) is 3.33. The first-order chi connectivity index (χ1) is 13.5. The van der Waals surface area contributed by atoms with Crippen molar-refractivity contribution in [1.82, 2.24) is 10.3 Å². The van der Waals surface area contributed by atoms with Crippen LogP contribution < -0.4 is 10.1 Å². The molecule has 1 amide bonds. The molecule has 2 N–H and O–H groups in total. The minimum absolute atomic E-state index is 0.291. The molecule has 0 aliphatic carbocycles. The lowest BCUT2D eigenvalue weighted by Gasteiger charge is -2.18. The number of nitrogens with one attached hydrogen (secondary N) is 1. The van der Waals surface area contributed by atoms with E-state index in [1.165, 1.54) is 7.11 Å². The molecule has 1 unspecified atom stereocenters. The van der Waals surface area contributed by atoms with Crippen molar-refractivity contribution >= 4 is 29.1 Å². The number of aliphatic hydroxyl groups excluding tert-OH is 1. The topological polar surface area (TPSA) is 71.5 Å². The second kappa shape index (κ2) is 9.06. The third-order valence-corrected chi connectivity index (χ3v) is 4.90. The van der Waals surface area contributed by atoms with Crippen LogP contribution in [0.3, 0.4) is 0 Å². The monoisotopic (exact) mass is 416 g/mol. The minimum atomic E-state index is -0.633. The second-order valence-electron chi connectivity index (χ2n) is 6.03. The number of methoxy groups -OCH3 is 1. The Morgan fingerprint density at radius 2 is 1.82 bits per heavy atom. The van der Waals surface area contributed by atoms with E-state index in [0.717, 1.165) is 11.1 Å². The molecule has 7 heteroatoms. The molecule has 0 spiro atoms. The van der Waals surface area contributed by atoms with Gasteiger partial charge < -0.3 is 15.2 Å². The summed E-state index contributed by atoms with van der Waals surface area (Å²) in [5.41, 5.74) is 2.80. The van der Waals surface area contributed by atoms with E-state index in [1.54, 1.807) is 42.7 Å². The molecule has 3 aromatic rings. The fourth-order valence-electron chi connectivity index (χ4n) is 2.79. The largest absolute Gasteiger partial charge is 0.495 e. The summed E-state index contributed by atoms with van der Waals surface area (Å²) in [7, 11) is 1.52. The Labute approximate surface area is 172 Å². The van der Waals surface area contributed by atoms with E-state index in [1.807, 2.05) is 18.2 Å². The van der Waals surface area contributed by atoms with Crippen LogP contribution >= 0.6 is 23.2 Å². The zero-order chi connectivity index (χ0) is 20.1. The van der Waals surface area contributed by atoms with Crippen LogP contribution in [-0.2, 0) is 0 Å². The van der Waals surface area contributed by atoms with Crippen LogP contribution in [0.2, 0.25) is 10.0 Å². The Hall–Kier alpha value is -2.60. The maximum absolute atomic E-state index is 12.7. The van der Waals surface area contributed by atoms with Gasteiger partial charge in [-0.15, -0.1) is 0 Å². The summed E-state index contributed by atoms with van der Waals surface area (Å²) in [6.45, 7) is -0.291. The number of benzene rings is 2. The van der Waals surface area contributed by atoms with Crippen molar-refractivity contribution in [3.63, 3.8) is 0 Å². The van der Waals surface area contributed by atoms with Gasteiger partial charge in [0.2, 0.25) is 0 Å². The highest BCUT2D eigenvalue weighted by Crippen LogP contribution is 2.29. The summed E-state index contributed by atoms with van der Waals surface area (Å²) < 4.78 is 5.12. The molecule has 0 fully saturated rings. The summed E-state index contributed by atoms with van der Waals surface area (Å²) in [6, 6.07) is 13.4. The van der Waals surface area contributed by atoms with E-state index in [0.29, 0.717) is 26.9 Å². The lowest BCUT2D eigenvalue weighted by atomic mass is 10.0. The lowest BCUT2D eigenvalue weighted by molar-refractivity contribution is 0.0916. The van der Waals surface area contributed by atoms with Gasteiger partial charge in [0, 0.05) is 12.4 Å². The van der Waals surface area contributed by atoms with Crippen molar-refractivity contribution in [2.45, 2.75) is 6.04 Å². The molecule has 0 aliphatic heterocycles. The average Bonchev–Trinajstić information content (AvgIpc) is 2.72. The Kier molecular flexibility index (Phi) is 6.52. The highest BCUT2D eigenvalue weighted by Gasteiger charge is 2.18. The van der Waals surface area contributed by atoms with Crippen LogP contribution in [0.5, 0.6) is 5.75 Å². The number of carbonyl (C=O) groups excluding carboxylic acids is 1. The fraction of sp³-hybridized carbons (Fsp3) is 0.143. The summed E-state index contributed by atoms with van der Waals surface area (Å²) in [5.74, 6) is 0.125. The zero-order valence-corrected chi connectivity index (χ0v) is 16.5. The van der Waals surface area contributed by atoms with Crippen molar-refractivity contribution in [1.29, 1.82) is 0 Å². The van der Waals surface area contributed by atoms with Gasteiger partial charge in [0.1, 0.15) is 5.75 Å². The van der Waals surface area contributed by atoms with Crippen molar-refractivity contribution in [2.24, 2.45) is 0 Å². The number of hydrogen-bond donors (Lipinski definition) is 2. The standard InChI is InChI=1S/C21H18Cl2N2O3/c1-28-20-5-3-15(11-18(20)23)19(12-26)25-21(27)16-4-2-14(10-17(16)22)13-6-8-24-9-7-13/h2-11,19,26H,12H2,1H3,(H,25,27). The van der Waals surface area contributed by atoms with Gasteiger partial charge >= 0.3 is 0 Å². The van der Waals surface area contributed by atoms with E-state index in [-0.39, 0.29) is 6.61 Å². The third-order valence-electron chi connectivity index (χ3n) is 4.29. The van der Waals surface area contributed by atoms with E-state index >= 15 is 0 Å². The first kappa shape index (κ1) is 20.1. The number of hydrogen-bond acceptors (Lipinski definition) is 4. The maximum atomic E-state index is 12.7. The Morgan fingerprint density at radius 3 is 2.43 bits per heavy atom. The van der Waals surface area contributed by atoms with Crippen LogP contribution in [0.1, 0.15) is 22.0 Å². The number of aliphatic hydroxyl groups is 1. The number of carbonyl (C=O) groups is 1. The molecule has 0 bridgehead atoms. The highest BCUT2D eigenvalue weighted by molar-refractivity contribution is 6.34. The molecule has 144 valence electrons. The smallest absolute Gasteiger partial charge is 0.253 e. The molecule has 28 heavy (non-hydrogen) atoms. The van der Waals surface area contributed by atoms with Crippen LogP contribution in [0, 0.1) is 0 Å². The average molecular weight is 417 g/mol. The van der Waals surface area contributed by atoms with Gasteiger partial charge in [-0.25, -0.2) is 0 Å². The Balaban J connectivity index is 1.80.